The highest BCUT2D eigenvalue weighted by atomic mass is 16.5. The van der Waals surface area contributed by atoms with Crippen LogP contribution < -0.4 is 5.32 Å². The maximum Gasteiger partial charge on any atom is 0.328 e. The van der Waals surface area contributed by atoms with Crippen molar-refractivity contribution in [2.24, 2.45) is 5.92 Å². The summed E-state index contributed by atoms with van der Waals surface area (Å²) in [6, 6.07) is -1.09. The number of hydrogen-bond acceptors (Lipinski definition) is 5. The van der Waals surface area contributed by atoms with Crippen molar-refractivity contribution in [3.8, 4) is 6.19 Å². The summed E-state index contributed by atoms with van der Waals surface area (Å²) in [7, 11) is 1.30. The van der Waals surface area contributed by atoms with E-state index in [0.29, 0.717) is 19.4 Å². The van der Waals surface area contributed by atoms with Gasteiger partial charge in [-0.2, -0.15) is 5.26 Å². The van der Waals surface area contributed by atoms with Crippen LogP contribution in [0, 0.1) is 17.4 Å². The molecule has 0 aromatic heterocycles. The number of esters is 1. The zero-order chi connectivity index (χ0) is 14.4. The van der Waals surface area contributed by atoms with Crippen molar-refractivity contribution in [1.29, 1.82) is 5.26 Å². The summed E-state index contributed by atoms with van der Waals surface area (Å²) in [5, 5.41) is 11.6. The molecule has 1 fully saturated rings. The normalized spacial score (nSPS) is 19.9. The number of likely N-dealkylation sites (tertiary alicyclic amines) is 1. The Kier molecular flexibility index (Phi) is 5.61. The number of nitriles is 1. The molecule has 6 nitrogen and oxygen atoms in total. The molecule has 106 valence electrons. The summed E-state index contributed by atoms with van der Waals surface area (Å²) in [4.78, 5) is 25.2. The fourth-order valence-corrected chi connectivity index (χ4v) is 2.25. The quantitative estimate of drug-likeness (QED) is 0.583. The van der Waals surface area contributed by atoms with Crippen LogP contribution in [0.5, 0.6) is 0 Å². The minimum absolute atomic E-state index is 0.264. The molecule has 19 heavy (non-hydrogen) atoms. The predicted octanol–water partition coefficient (Wildman–Crippen LogP) is 0.636. The van der Waals surface area contributed by atoms with Crippen molar-refractivity contribution in [3.05, 3.63) is 0 Å². The van der Waals surface area contributed by atoms with Crippen molar-refractivity contribution in [1.82, 2.24) is 10.2 Å². The Morgan fingerprint density at radius 1 is 1.53 bits per heavy atom. The summed E-state index contributed by atoms with van der Waals surface area (Å²) < 4.78 is 4.70. The number of nitrogens with zero attached hydrogens (tertiary/aromatic N) is 2. The second-order valence-corrected chi connectivity index (χ2v) is 5.17. The van der Waals surface area contributed by atoms with Gasteiger partial charge in [0.1, 0.15) is 12.1 Å². The maximum atomic E-state index is 12.1. The topological polar surface area (TPSA) is 82.4 Å². The molecule has 0 bridgehead atoms. The van der Waals surface area contributed by atoms with Crippen LogP contribution in [-0.2, 0) is 14.3 Å². The number of methoxy groups -OCH3 is 1. The van der Waals surface area contributed by atoms with E-state index in [1.54, 1.807) is 0 Å². The smallest absolute Gasteiger partial charge is 0.328 e. The summed E-state index contributed by atoms with van der Waals surface area (Å²) >= 11 is 0. The van der Waals surface area contributed by atoms with E-state index in [9.17, 15) is 9.59 Å². The van der Waals surface area contributed by atoms with E-state index in [4.69, 9.17) is 10.00 Å². The van der Waals surface area contributed by atoms with Crippen LogP contribution in [0.3, 0.4) is 0 Å². The lowest BCUT2D eigenvalue weighted by atomic mass is 10.0. The van der Waals surface area contributed by atoms with Crippen LogP contribution in [0.25, 0.3) is 0 Å². The lowest BCUT2D eigenvalue weighted by molar-refractivity contribution is -0.146. The van der Waals surface area contributed by atoms with Crippen molar-refractivity contribution >= 4 is 11.9 Å². The van der Waals surface area contributed by atoms with Gasteiger partial charge < -0.3 is 10.1 Å². The minimum atomic E-state index is -0.640. The van der Waals surface area contributed by atoms with E-state index >= 15 is 0 Å². The molecule has 0 aromatic rings. The van der Waals surface area contributed by atoms with E-state index in [2.05, 4.69) is 5.32 Å². The molecule has 0 aliphatic carbocycles. The number of carbonyl (C=O) groups excluding carboxylic acids is 2. The molecule has 0 spiro atoms. The summed E-state index contributed by atoms with van der Waals surface area (Å²) in [5.74, 6) is -0.446. The number of hydrogen-bond donors (Lipinski definition) is 1. The van der Waals surface area contributed by atoms with Crippen molar-refractivity contribution in [3.63, 3.8) is 0 Å². The zero-order valence-corrected chi connectivity index (χ0v) is 11.7. The molecular formula is C13H21N3O3. The van der Waals surface area contributed by atoms with Crippen molar-refractivity contribution in [2.45, 2.75) is 45.2 Å². The van der Waals surface area contributed by atoms with Gasteiger partial charge in [0.2, 0.25) is 5.91 Å². The third kappa shape index (κ3) is 4.12. The Labute approximate surface area is 113 Å². The molecule has 1 aliphatic rings. The molecular weight excluding hydrogens is 246 g/mol. The Balaban J connectivity index is 2.65. The second kappa shape index (κ2) is 6.98. The van der Waals surface area contributed by atoms with Crippen LogP contribution in [0.2, 0.25) is 0 Å². The first-order valence-corrected chi connectivity index (χ1v) is 6.54. The molecule has 1 saturated heterocycles. The molecule has 0 radical (unpaired) electrons. The number of ether oxygens (including phenoxy) is 1. The van der Waals surface area contributed by atoms with E-state index in [1.165, 1.54) is 12.0 Å². The van der Waals surface area contributed by atoms with Gasteiger partial charge in [-0.15, -0.1) is 0 Å². The van der Waals surface area contributed by atoms with Crippen LogP contribution in [0.4, 0.5) is 0 Å². The van der Waals surface area contributed by atoms with E-state index in [-0.39, 0.29) is 11.8 Å². The molecule has 0 saturated carbocycles. The van der Waals surface area contributed by atoms with Gasteiger partial charge in [0.05, 0.1) is 7.11 Å². The molecule has 1 rings (SSSR count). The molecule has 1 N–H and O–H groups in total. The lowest BCUT2D eigenvalue weighted by Gasteiger charge is -2.22. The number of rotatable bonds is 5. The first kappa shape index (κ1) is 15.3. The average molecular weight is 267 g/mol. The van der Waals surface area contributed by atoms with Crippen LogP contribution in [-0.4, -0.2) is 42.5 Å². The molecule has 6 heteroatoms. The van der Waals surface area contributed by atoms with Gasteiger partial charge in [-0.25, -0.2) is 4.79 Å². The van der Waals surface area contributed by atoms with Gasteiger partial charge in [0.15, 0.2) is 6.19 Å². The van der Waals surface area contributed by atoms with Crippen molar-refractivity contribution in [2.75, 3.05) is 13.7 Å². The Bertz CT molecular complexity index is 376. The Morgan fingerprint density at radius 2 is 2.21 bits per heavy atom. The first-order chi connectivity index (χ1) is 8.99. The molecule has 2 atom stereocenters. The minimum Gasteiger partial charge on any atom is -0.467 e. The number of nitrogens with one attached hydrogen (secondary N) is 1. The highest BCUT2D eigenvalue weighted by Gasteiger charge is 2.33. The highest BCUT2D eigenvalue weighted by Crippen LogP contribution is 2.16. The predicted molar refractivity (Wildman–Crippen MR) is 68.7 cm³/mol. The monoisotopic (exact) mass is 267 g/mol. The van der Waals surface area contributed by atoms with Gasteiger partial charge >= 0.3 is 5.97 Å². The molecule has 1 aliphatic heterocycles. The summed E-state index contributed by atoms with van der Waals surface area (Å²) in [6.45, 7) is 4.54. The van der Waals surface area contributed by atoms with Gasteiger partial charge in [0, 0.05) is 6.54 Å². The van der Waals surface area contributed by atoms with E-state index in [0.717, 1.165) is 6.42 Å². The molecule has 0 unspecified atom stereocenters. The van der Waals surface area contributed by atoms with Crippen molar-refractivity contribution < 1.29 is 14.3 Å². The SMILES string of the molecule is COC(=O)[C@@H](CC(C)C)NC(=O)[C@@H]1CCCN1C#N. The standard InChI is InChI=1S/C13H21N3O3/c1-9(2)7-10(13(18)19-3)15-12(17)11-5-4-6-16(11)8-14/h9-11H,4-7H2,1-3H3,(H,15,17)/t10-,11+/m1/s1. The Morgan fingerprint density at radius 3 is 2.74 bits per heavy atom. The van der Waals surface area contributed by atoms with E-state index < -0.39 is 18.1 Å². The second-order valence-electron chi connectivity index (χ2n) is 5.17. The van der Waals surface area contributed by atoms with Gasteiger partial charge in [-0.3, -0.25) is 9.69 Å². The van der Waals surface area contributed by atoms with Gasteiger partial charge in [-0.1, -0.05) is 13.8 Å². The summed E-state index contributed by atoms with van der Waals surface area (Å²) in [6.07, 6.45) is 4.00. The summed E-state index contributed by atoms with van der Waals surface area (Å²) in [5.41, 5.74) is 0. The fraction of sp³-hybridized carbons (Fsp3) is 0.769. The third-order valence-corrected chi connectivity index (χ3v) is 3.19. The maximum absolute atomic E-state index is 12.1. The molecule has 0 aromatic carbocycles. The fourth-order valence-electron chi connectivity index (χ4n) is 2.25. The highest BCUT2D eigenvalue weighted by molar-refractivity contribution is 5.87. The molecule has 1 heterocycles. The van der Waals surface area contributed by atoms with E-state index in [1.807, 2.05) is 20.0 Å². The average Bonchev–Trinajstić information content (AvgIpc) is 2.84. The van der Waals surface area contributed by atoms with Gasteiger partial charge in [0.25, 0.3) is 0 Å². The number of carbonyl (C=O) groups is 2. The Hall–Kier alpha value is -1.77. The van der Waals surface area contributed by atoms with Crippen LogP contribution >= 0.6 is 0 Å². The van der Waals surface area contributed by atoms with Crippen LogP contribution in [0.15, 0.2) is 0 Å². The molecule has 1 amide bonds. The third-order valence-electron chi connectivity index (χ3n) is 3.19. The lowest BCUT2D eigenvalue weighted by Crippen LogP contribution is -2.49. The first-order valence-electron chi connectivity index (χ1n) is 6.54. The zero-order valence-electron chi connectivity index (χ0n) is 11.7. The van der Waals surface area contributed by atoms with Gasteiger partial charge in [-0.05, 0) is 25.2 Å². The largest absolute Gasteiger partial charge is 0.467 e. The number of amides is 1. The van der Waals surface area contributed by atoms with Crippen LogP contribution in [0.1, 0.15) is 33.1 Å².